The van der Waals surface area contributed by atoms with Crippen LogP contribution in [0.15, 0.2) is 94.7 Å². The van der Waals surface area contributed by atoms with Crippen LogP contribution in [0.3, 0.4) is 0 Å². The van der Waals surface area contributed by atoms with Gasteiger partial charge in [0.15, 0.2) is 0 Å². The third-order valence-electron chi connectivity index (χ3n) is 7.26. The minimum absolute atomic E-state index is 0.0102. The molecule has 0 aromatic heterocycles. The van der Waals surface area contributed by atoms with E-state index in [2.05, 4.69) is 41.5 Å². The molecule has 0 spiro atoms. The van der Waals surface area contributed by atoms with Crippen LogP contribution in [0.1, 0.15) is 72.8 Å². The van der Waals surface area contributed by atoms with Crippen LogP contribution in [-0.2, 0) is 15.3 Å². The summed E-state index contributed by atoms with van der Waals surface area (Å²) >= 11 is 0. The fourth-order valence-electron chi connectivity index (χ4n) is 5.19. The van der Waals surface area contributed by atoms with Crippen molar-refractivity contribution in [3.05, 3.63) is 90.5 Å². The first-order valence-electron chi connectivity index (χ1n) is 13.8. The first-order chi connectivity index (χ1) is 18.5. The molecule has 206 valence electrons. The van der Waals surface area contributed by atoms with Crippen LogP contribution >= 0.6 is 0 Å². The molecule has 0 atom stereocenters. The minimum Gasteiger partial charge on any atom is -0.487 e. The zero-order valence-electron chi connectivity index (χ0n) is 24.0. The molecule has 39 heavy (non-hydrogen) atoms. The number of hydrogen-bond acceptors (Lipinski definition) is 4. The van der Waals surface area contributed by atoms with Crippen LogP contribution in [0.25, 0.3) is 10.8 Å². The first-order valence-corrected chi connectivity index (χ1v) is 15.3. The van der Waals surface area contributed by atoms with Crippen molar-refractivity contribution in [1.82, 2.24) is 0 Å². The second-order valence-corrected chi connectivity index (χ2v) is 13.4. The van der Waals surface area contributed by atoms with Gasteiger partial charge >= 0.3 is 0 Å². The van der Waals surface area contributed by atoms with Crippen molar-refractivity contribution in [1.29, 1.82) is 0 Å². The predicted molar refractivity (Wildman–Crippen MR) is 160 cm³/mol. The summed E-state index contributed by atoms with van der Waals surface area (Å²) in [5, 5.41) is 1.91. The molecule has 0 unspecified atom stereocenters. The normalized spacial score (nSPS) is 12.5. The van der Waals surface area contributed by atoms with E-state index >= 15 is 0 Å². The number of benzene rings is 4. The maximum atomic E-state index is 13.3. The number of rotatable bonds is 11. The molecule has 5 heteroatoms. The maximum Gasteiger partial charge on any atom is 0.206 e. The van der Waals surface area contributed by atoms with E-state index in [1.165, 1.54) is 0 Å². The van der Waals surface area contributed by atoms with Gasteiger partial charge in [-0.05, 0) is 86.2 Å². The Morgan fingerprint density at radius 2 is 1.15 bits per heavy atom. The molecule has 0 saturated carbocycles. The van der Waals surface area contributed by atoms with Gasteiger partial charge in [-0.2, -0.15) is 0 Å². The third kappa shape index (κ3) is 6.47. The lowest BCUT2D eigenvalue weighted by atomic mass is 9.81. The van der Waals surface area contributed by atoms with Gasteiger partial charge in [0.1, 0.15) is 22.8 Å². The lowest BCUT2D eigenvalue weighted by Gasteiger charge is -2.27. The smallest absolute Gasteiger partial charge is 0.206 e. The highest BCUT2D eigenvalue weighted by atomic mass is 32.2. The molecule has 0 radical (unpaired) electrons. The van der Waals surface area contributed by atoms with Crippen molar-refractivity contribution in [2.45, 2.75) is 88.0 Å². The quantitative estimate of drug-likeness (QED) is 0.189. The fourth-order valence-corrected chi connectivity index (χ4v) is 6.45. The lowest BCUT2D eigenvalue weighted by Crippen LogP contribution is -2.27. The Hall–Kier alpha value is -3.31. The van der Waals surface area contributed by atoms with Gasteiger partial charge < -0.3 is 9.47 Å². The average Bonchev–Trinajstić information content (AvgIpc) is 2.89. The second kappa shape index (κ2) is 11.4. The second-order valence-electron chi connectivity index (χ2n) is 11.5. The van der Waals surface area contributed by atoms with Crippen molar-refractivity contribution < 1.29 is 17.9 Å². The maximum absolute atomic E-state index is 13.3. The van der Waals surface area contributed by atoms with Crippen molar-refractivity contribution >= 4 is 20.6 Å². The Bertz CT molecular complexity index is 1520. The van der Waals surface area contributed by atoms with Crippen molar-refractivity contribution in [3.63, 3.8) is 0 Å². The Labute approximate surface area is 233 Å². The zero-order valence-corrected chi connectivity index (χ0v) is 24.8. The molecule has 4 aromatic rings. The minimum atomic E-state index is -3.64. The van der Waals surface area contributed by atoms with Gasteiger partial charge in [0.25, 0.3) is 0 Å². The molecular weight excluding hydrogens is 504 g/mol. The molecule has 4 rings (SSSR count). The van der Waals surface area contributed by atoms with E-state index in [1.807, 2.05) is 48.5 Å². The van der Waals surface area contributed by atoms with E-state index in [4.69, 9.17) is 9.47 Å². The van der Waals surface area contributed by atoms with E-state index in [0.29, 0.717) is 16.4 Å². The topological polar surface area (TPSA) is 52.6 Å². The van der Waals surface area contributed by atoms with Gasteiger partial charge in [-0.25, -0.2) is 8.42 Å². The molecule has 0 aliphatic carbocycles. The number of hydrogen-bond donors (Lipinski definition) is 0. The SMILES string of the molecule is CCCC(C)(C)Oc1cccc2c(Oc3ccc(S(=O)(=O)c4ccc(C(C)(C)CCC)cc4)cc3)cccc12. The molecule has 4 nitrogen and oxygen atoms in total. The summed E-state index contributed by atoms with van der Waals surface area (Å²) in [5.41, 5.74) is 0.883. The van der Waals surface area contributed by atoms with Gasteiger partial charge in [-0.15, -0.1) is 0 Å². The Balaban J connectivity index is 1.56. The molecular formula is C34H40O4S. The summed E-state index contributed by atoms with van der Waals surface area (Å²) < 4.78 is 39.2. The van der Waals surface area contributed by atoms with Crippen LogP contribution < -0.4 is 9.47 Å². The Kier molecular flexibility index (Phi) is 8.41. The lowest BCUT2D eigenvalue weighted by molar-refractivity contribution is 0.101. The van der Waals surface area contributed by atoms with Gasteiger partial charge in [-0.3, -0.25) is 0 Å². The predicted octanol–water partition coefficient (Wildman–Crippen LogP) is 9.50. The van der Waals surface area contributed by atoms with Gasteiger partial charge in [0.2, 0.25) is 9.84 Å². The summed E-state index contributed by atoms with van der Waals surface area (Å²) in [6, 6.07) is 25.8. The zero-order chi connectivity index (χ0) is 28.3. The summed E-state index contributed by atoms with van der Waals surface area (Å²) in [6.07, 6.45) is 4.12. The van der Waals surface area contributed by atoms with E-state index in [-0.39, 0.29) is 15.9 Å². The van der Waals surface area contributed by atoms with Crippen LogP contribution in [-0.4, -0.2) is 14.0 Å². The highest BCUT2D eigenvalue weighted by molar-refractivity contribution is 7.91. The molecule has 0 saturated heterocycles. The van der Waals surface area contributed by atoms with Crippen LogP contribution in [0.4, 0.5) is 0 Å². The van der Waals surface area contributed by atoms with Crippen LogP contribution in [0.2, 0.25) is 0 Å². The summed E-state index contributed by atoms with van der Waals surface area (Å²) in [7, 11) is -3.64. The largest absolute Gasteiger partial charge is 0.487 e. The average molecular weight is 545 g/mol. The Morgan fingerprint density at radius 3 is 1.72 bits per heavy atom. The standard InChI is InChI=1S/C34H40O4S/c1-7-23-33(3,4)25-15-19-27(20-16-25)39(35,36)28-21-17-26(18-22-28)37-31-13-9-12-30-29(31)11-10-14-32(30)38-34(5,6)24-8-2/h9-22H,7-8,23-24H2,1-6H3. The van der Waals surface area contributed by atoms with Crippen molar-refractivity contribution in [2.24, 2.45) is 0 Å². The summed E-state index contributed by atoms with van der Waals surface area (Å²) in [5.74, 6) is 2.07. The van der Waals surface area contributed by atoms with Crippen LogP contribution in [0, 0.1) is 0 Å². The molecule has 0 aliphatic rings. The third-order valence-corrected chi connectivity index (χ3v) is 9.05. The molecule has 0 N–H and O–H groups in total. The number of ether oxygens (including phenoxy) is 2. The van der Waals surface area contributed by atoms with Gasteiger partial charge in [-0.1, -0.05) is 76.9 Å². The van der Waals surface area contributed by atoms with Crippen molar-refractivity contribution in [2.75, 3.05) is 0 Å². The van der Waals surface area contributed by atoms with E-state index < -0.39 is 9.84 Å². The van der Waals surface area contributed by atoms with Crippen molar-refractivity contribution in [3.8, 4) is 17.2 Å². The molecule has 0 heterocycles. The van der Waals surface area contributed by atoms with Crippen LogP contribution in [0.5, 0.6) is 17.2 Å². The van der Waals surface area contributed by atoms with Gasteiger partial charge in [0.05, 0.1) is 9.79 Å². The number of sulfone groups is 1. The fraction of sp³-hybridized carbons (Fsp3) is 0.353. The van der Waals surface area contributed by atoms with E-state index in [0.717, 1.165) is 47.8 Å². The Morgan fingerprint density at radius 1 is 0.641 bits per heavy atom. The van der Waals surface area contributed by atoms with E-state index in [9.17, 15) is 8.42 Å². The molecule has 0 bridgehead atoms. The highest BCUT2D eigenvalue weighted by Crippen LogP contribution is 2.37. The summed E-state index contributed by atoms with van der Waals surface area (Å²) in [4.78, 5) is 0.530. The molecule has 4 aromatic carbocycles. The summed E-state index contributed by atoms with van der Waals surface area (Å²) in [6.45, 7) is 12.9. The number of fused-ring (bicyclic) bond motifs is 1. The van der Waals surface area contributed by atoms with Gasteiger partial charge in [0, 0.05) is 10.8 Å². The molecule has 0 amide bonds. The first kappa shape index (κ1) is 28.7. The monoisotopic (exact) mass is 544 g/mol. The van der Waals surface area contributed by atoms with E-state index in [1.54, 1.807) is 36.4 Å². The molecule has 0 fully saturated rings. The highest BCUT2D eigenvalue weighted by Gasteiger charge is 2.23. The molecule has 0 aliphatic heterocycles.